The molecule has 0 aromatic carbocycles. The van der Waals surface area contributed by atoms with Gasteiger partial charge in [0.05, 0.1) is 29.6 Å². The van der Waals surface area contributed by atoms with Crippen molar-refractivity contribution in [1.29, 1.82) is 0 Å². The SMILES string of the molecule is Cc1cc(=O)n(CC(O)CCl)cc1[N+](=O)[O-]. The van der Waals surface area contributed by atoms with E-state index >= 15 is 0 Å². The van der Waals surface area contributed by atoms with Crippen LogP contribution in [-0.4, -0.2) is 26.6 Å². The van der Waals surface area contributed by atoms with E-state index in [2.05, 4.69) is 0 Å². The lowest BCUT2D eigenvalue weighted by molar-refractivity contribution is -0.386. The van der Waals surface area contributed by atoms with Crippen LogP contribution in [0.15, 0.2) is 17.1 Å². The van der Waals surface area contributed by atoms with Crippen LogP contribution in [0, 0.1) is 17.0 Å². The molecule has 7 heteroatoms. The molecular weight excluding hydrogens is 236 g/mol. The molecule has 1 aromatic heterocycles. The summed E-state index contributed by atoms with van der Waals surface area (Å²) in [5, 5.41) is 19.9. The van der Waals surface area contributed by atoms with Crippen LogP contribution in [0.25, 0.3) is 0 Å². The molecule has 0 bridgehead atoms. The van der Waals surface area contributed by atoms with Crippen LogP contribution < -0.4 is 5.56 Å². The van der Waals surface area contributed by atoms with Crippen LogP contribution in [0.2, 0.25) is 0 Å². The molecule has 1 N–H and O–H groups in total. The second-order valence-electron chi connectivity index (χ2n) is 3.40. The van der Waals surface area contributed by atoms with Crippen LogP contribution in [0.4, 0.5) is 5.69 Å². The third kappa shape index (κ3) is 2.80. The first kappa shape index (κ1) is 12.7. The first-order chi connectivity index (χ1) is 7.45. The zero-order chi connectivity index (χ0) is 12.3. The van der Waals surface area contributed by atoms with Crippen molar-refractivity contribution in [2.45, 2.75) is 19.6 Å². The maximum absolute atomic E-state index is 11.5. The van der Waals surface area contributed by atoms with Gasteiger partial charge in [0.2, 0.25) is 0 Å². The van der Waals surface area contributed by atoms with Crippen LogP contribution in [0.1, 0.15) is 5.56 Å². The Kier molecular flexibility index (Phi) is 4.03. The number of nitro groups is 1. The lowest BCUT2D eigenvalue weighted by Crippen LogP contribution is -2.27. The second kappa shape index (κ2) is 5.09. The molecule has 16 heavy (non-hydrogen) atoms. The van der Waals surface area contributed by atoms with E-state index in [1.165, 1.54) is 13.0 Å². The molecular formula is C9H11ClN2O4. The summed E-state index contributed by atoms with van der Waals surface area (Å²) in [6.45, 7) is 1.44. The highest BCUT2D eigenvalue weighted by molar-refractivity contribution is 6.18. The van der Waals surface area contributed by atoms with Gasteiger partial charge in [-0.05, 0) is 6.92 Å². The van der Waals surface area contributed by atoms with Crippen molar-refractivity contribution in [2.75, 3.05) is 5.88 Å². The summed E-state index contributed by atoms with van der Waals surface area (Å²) in [6.07, 6.45) is 0.217. The summed E-state index contributed by atoms with van der Waals surface area (Å²) >= 11 is 5.39. The number of halogens is 1. The molecule has 0 aliphatic heterocycles. The van der Waals surface area contributed by atoms with Crippen molar-refractivity contribution in [2.24, 2.45) is 0 Å². The molecule has 0 amide bonds. The van der Waals surface area contributed by atoms with Crippen LogP contribution in [0.5, 0.6) is 0 Å². The normalized spacial score (nSPS) is 12.4. The molecule has 0 aliphatic carbocycles. The fraction of sp³-hybridized carbons (Fsp3) is 0.444. The molecule has 0 saturated heterocycles. The van der Waals surface area contributed by atoms with E-state index in [9.17, 15) is 20.0 Å². The fourth-order valence-corrected chi connectivity index (χ4v) is 1.36. The van der Waals surface area contributed by atoms with Crippen LogP contribution in [0.3, 0.4) is 0 Å². The molecule has 0 spiro atoms. The van der Waals surface area contributed by atoms with Gasteiger partial charge < -0.3 is 9.67 Å². The molecule has 0 aliphatic rings. The molecule has 0 fully saturated rings. The van der Waals surface area contributed by atoms with Crippen LogP contribution >= 0.6 is 11.6 Å². The second-order valence-corrected chi connectivity index (χ2v) is 3.71. The Morgan fingerprint density at radius 3 is 2.81 bits per heavy atom. The summed E-state index contributed by atoms with van der Waals surface area (Å²) in [5.74, 6) is -0.0336. The topological polar surface area (TPSA) is 85.4 Å². The third-order valence-electron chi connectivity index (χ3n) is 2.09. The van der Waals surface area contributed by atoms with Gasteiger partial charge in [-0.25, -0.2) is 0 Å². The first-order valence-corrected chi connectivity index (χ1v) is 5.08. The van der Waals surface area contributed by atoms with E-state index in [1.807, 2.05) is 0 Å². The van der Waals surface area contributed by atoms with Gasteiger partial charge in [-0.3, -0.25) is 14.9 Å². The molecule has 1 atom stereocenters. The molecule has 88 valence electrons. The number of nitrogens with zero attached hydrogens (tertiary/aromatic N) is 2. The number of aliphatic hydroxyl groups is 1. The molecule has 0 saturated carbocycles. The van der Waals surface area contributed by atoms with Crippen molar-refractivity contribution in [1.82, 2.24) is 4.57 Å². The molecule has 0 radical (unpaired) electrons. The minimum Gasteiger partial charge on any atom is -0.390 e. The molecule has 1 unspecified atom stereocenters. The smallest absolute Gasteiger partial charge is 0.288 e. The standard InChI is InChI=1S/C9H11ClN2O4/c1-6-2-9(14)11(4-7(13)3-10)5-8(6)12(15)16/h2,5,7,13H,3-4H2,1H3. The Labute approximate surface area is 96.2 Å². The Hall–Kier alpha value is -1.40. The predicted molar refractivity (Wildman–Crippen MR) is 58.8 cm³/mol. The minimum absolute atomic E-state index is 0.0336. The summed E-state index contributed by atoms with van der Waals surface area (Å²) in [5.41, 5.74) is -0.250. The molecule has 1 heterocycles. The number of aryl methyl sites for hydroxylation is 1. The molecule has 1 aromatic rings. The van der Waals surface area contributed by atoms with Crippen molar-refractivity contribution in [3.05, 3.63) is 38.3 Å². The van der Waals surface area contributed by atoms with Crippen LogP contribution in [-0.2, 0) is 6.54 Å². The zero-order valence-corrected chi connectivity index (χ0v) is 9.35. The predicted octanol–water partition coefficient (Wildman–Crippen LogP) is 0.665. The van der Waals surface area contributed by atoms with Gasteiger partial charge in [0.25, 0.3) is 11.2 Å². The van der Waals surface area contributed by atoms with Crippen molar-refractivity contribution in [3.63, 3.8) is 0 Å². The van der Waals surface area contributed by atoms with E-state index in [4.69, 9.17) is 11.6 Å². The summed E-state index contributed by atoms with van der Waals surface area (Å²) in [7, 11) is 0. The van der Waals surface area contributed by atoms with Crippen molar-refractivity contribution >= 4 is 17.3 Å². The van der Waals surface area contributed by atoms with E-state index < -0.39 is 16.6 Å². The summed E-state index contributed by atoms with van der Waals surface area (Å²) in [6, 6.07) is 1.17. The first-order valence-electron chi connectivity index (χ1n) is 4.55. The fourth-order valence-electron chi connectivity index (χ4n) is 1.26. The minimum atomic E-state index is -0.901. The molecule has 6 nitrogen and oxygen atoms in total. The average Bonchev–Trinajstić information content (AvgIpc) is 2.21. The highest BCUT2D eigenvalue weighted by atomic mass is 35.5. The van der Waals surface area contributed by atoms with E-state index in [1.54, 1.807) is 0 Å². The summed E-state index contributed by atoms with van der Waals surface area (Å²) < 4.78 is 1.08. The van der Waals surface area contributed by atoms with Crippen molar-refractivity contribution in [3.8, 4) is 0 Å². The van der Waals surface area contributed by atoms with E-state index in [0.29, 0.717) is 5.56 Å². The van der Waals surface area contributed by atoms with E-state index in [0.717, 1.165) is 10.8 Å². The molecule has 1 rings (SSSR count). The number of hydrogen-bond donors (Lipinski definition) is 1. The Bertz CT molecular complexity index is 457. The van der Waals surface area contributed by atoms with Crippen molar-refractivity contribution < 1.29 is 10.0 Å². The van der Waals surface area contributed by atoms with Gasteiger partial charge in [-0.1, -0.05) is 0 Å². The Morgan fingerprint density at radius 2 is 2.31 bits per heavy atom. The number of aromatic nitrogens is 1. The monoisotopic (exact) mass is 246 g/mol. The van der Waals surface area contributed by atoms with Gasteiger partial charge in [0.1, 0.15) is 0 Å². The number of alkyl halides is 1. The number of pyridine rings is 1. The zero-order valence-electron chi connectivity index (χ0n) is 8.59. The maximum Gasteiger partial charge on any atom is 0.288 e. The Morgan fingerprint density at radius 1 is 1.69 bits per heavy atom. The van der Waals surface area contributed by atoms with Gasteiger partial charge >= 0.3 is 0 Å². The number of aliphatic hydroxyl groups excluding tert-OH is 1. The third-order valence-corrected chi connectivity index (χ3v) is 2.44. The summed E-state index contributed by atoms with van der Waals surface area (Å²) in [4.78, 5) is 21.5. The Balaban J connectivity index is 3.15. The highest BCUT2D eigenvalue weighted by Gasteiger charge is 2.14. The largest absolute Gasteiger partial charge is 0.390 e. The number of rotatable bonds is 4. The quantitative estimate of drug-likeness (QED) is 0.481. The van der Waals surface area contributed by atoms with Gasteiger partial charge in [0.15, 0.2) is 0 Å². The van der Waals surface area contributed by atoms with E-state index in [-0.39, 0.29) is 18.1 Å². The van der Waals surface area contributed by atoms with Gasteiger partial charge in [-0.2, -0.15) is 0 Å². The highest BCUT2D eigenvalue weighted by Crippen LogP contribution is 2.14. The average molecular weight is 247 g/mol. The van der Waals surface area contributed by atoms with Gasteiger partial charge in [-0.15, -0.1) is 11.6 Å². The van der Waals surface area contributed by atoms with Gasteiger partial charge in [0, 0.05) is 11.6 Å². The lowest BCUT2D eigenvalue weighted by atomic mass is 10.2. The maximum atomic E-state index is 11.5. The lowest BCUT2D eigenvalue weighted by Gasteiger charge is -2.09. The number of hydrogen-bond acceptors (Lipinski definition) is 4.